The van der Waals surface area contributed by atoms with Crippen LogP contribution in [0, 0.1) is 29.9 Å². The van der Waals surface area contributed by atoms with E-state index in [1.54, 1.807) is 13.8 Å². The summed E-state index contributed by atoms with van der Waals surface area (Å²) in [6.45, 7) is 4.35. The van der Waals surface area contributed by atoms with Crippen molar-refractivity contribution in [3.63, 3.8) is 0 Å². The zero-order valence-electron chi connectivity index (χ0n) is 11.2. The van der Waals surface area contributed by atoms with Crippen LogP contribution < -0.4 is 5.32 Å². The molecule has 0 aromatic carbocycles. The average Bonchev–Trinajstić information content (AvgIpc) is 3.15. The van der Waals surface area contributed by atoms with Crippen molar-refractivity contribution in [1.29, 1.82) is 0 Å². The normalized spacial score (nSPS) is 16.4. The van der Waals surface area contributed by atoms with Crippen molar-refractivity contribution < 1.29 is 10.0 Å². The number of aliphatic hydroxyl groups is 1. The second kappa shape index (κ2) is 5.63. The standard InChI is InChI=1S/C13H19N3O3/c1-8-5-15-11(9(2)13(8)16(18)19)6-14-7-12(17)10-3-4-10/h5,10,12,14,17H,3-4,6-7H2,1-2H3. The number of nitrogens with zero attached hydrogens (tertiary/aromatic N) is 2. The summed E-state index contributed by atoms with van der Waals surface area (Å²) in [4.78, 5) is 14.9. The van der Waals surface area contributed by atoms with Crippen molar-refractivity contribution in [3.8, 4) is 0 Å². The molecule has 1 heterocycles. The maximum absolute atomic E-state index is 11.0. The summed E-state index contributed by atoms with van der Waals surface area (Å²) in [5.74, 6) is 0.425. The molecule has 1 atom stereocenters. The fourth-order valence-electron chi connectivity index (χ4n) is 2.21. The van der Waals surface area contributed by atoms with Crippen LogP contribution in [0.3, 0.4) is 0 Å². The van der Waals surface area contributed by atoms with Gasteiger partial charge in [-0.25, -0.2) is 0 Å². The van der Waals surface area contributed by atoms with Crippen molar-refractivity contribution >= 4 is 5.69 Å². The lowest BCUT2D eigenvalue weighted by molar-refractivity contribution is -0.386. The van der Waals surface area contributed by atoms with Gasteiger partial charge in [0.05, 0.1) is 16.7 Å². The number of aliphatic hydroxyl groups excluding tert-OH is 1. The van der Waals surface area contributed by atoms with Crippen LogP contribution in [0.1, 0.15) is 29.7 Å². The summed E-state index contributed by atoms with van der Waals surface area (Å²) >= 11 is 0. The number of rotatable bonds is 6. The van der Waals surface area contributed by atoms with E-state index in [2.05, 4.69) is 10.3 Å². The van der Waals surface area contributed by atoms with Crippen LogP contribution >= 0.6 is 0 Å². The van der Waals surface area contributed by atoms with E-state index in [1.807, 2.05) is 0 Å². The molecule has 6 nitrogen and oxygen atoms in total. The monoisotopic (exact) mass is 265 g/mol. The Morgan fingerprint density at radius 3 is 2.84 bits per heavy atom. The Hall–Kier alpha value is -1.53. The Morgan fingerprint density at radius 1 is 1.58 bits per heavy atom. The minimum Gasteiger partial charge on any atom is -0.392 e. The van der Waals surface area contributed by atoms with Gasteiger partial charge in [-0.2, -0.15) is 0 Å². The van der Waals surface area contributed by atoms with E-state index in [9.17, 15) is 15.2 Å². The third kappa shape index (κ3) is 3.27. The van der Waals surface area contributed by atoms with Gasteiger partial charge >= 0.3 is 0 Å². The third-order valence-electron chi connectivity index (χ3n) is 3.57. The lowest BCUT2D eigenvalue weighted by Crippen LogP contribution is -2.28. The van der Waals surface area contributed by atoms with E-state index in [0.29, 0.717) is 35.8 Å². The number of nitro groups is 1. The molecule has 0 radical (unpaired) electrons. The molecule has 0 bridgehead atoms. The molecule has 104 valence electrons. The average molecular weight is 265 g/mol. The van der Waals surface area contributed by atoms with E-state index in [4.69, 9.17) is 0 Å². The van der Waals surface area contributed by atoms with Crippen molar-refractivity contribution in [1.82, 2.24) is 10.3 Å². The van der Waals surface area contributed by atoms with E-state index in [1.165, 1.54) is 6.20 Å². The van der Waals surface area contributed by atoms with E-state index < -0.39 is 0 Å². The van der Waals surface area contributed by atoms with Gasteiger partial charge < -0.3 is 10.4 Å². The summed E-state index contributed by atoms with van der Waals surface area (Å²) in [5.41, 5.74) is 1.97. The zero-order chi connectivity index (χ0) is 14.0. The van der Waals surface area contributed by atoms with Gasteiger partial charge in [-0.3, -0.25) is 15.1 Å². The molecule has 0 aliphatic heterocycles. The van der Waals surface area contributed by atoms with Gasteiger partial charge in [0.2, 0.25) is 0 Å². The molecule has 6 heteroatoms. The minimum atomic E-state index is -0.366. The first-order chi connectivity index (χ1) is 9.00. The maximum Gasteiger partial charge on any atom is 0.278 e. The molecule has 2 N–H and O–H groups in total. The summed E-state index contributed by atoms with van der Waals surface area (Å²) < 4.78 is 0. The van der Waals surface area contributed by atoms with E-state index >= 15 is 0 Å². The van der Waals surface area contributed by atoms with Crippen LogP contribution in [0.5, 0.6) is 0 Å². The van der Waals surface area contributed by atoms with Gasteiger partial charge in [0.15, 0.2) is 0 Å². The molecule has 1 fully saturated rings. The van der Waals surface area contributed by atoms with Gasteiger partial charge in [-0.05, 0) is 32.6 Å². The summed E-state index contributed by atoms with van der Waals surface area (Å²) in [7, 11) is 0. The fourth-order valence-corrected chi connectivity index (χ4v) is 2.21. The Kier molecular flexibility index (Phi) is 4.11. The second-order valence-corrected chi connectivity index (χ2v) is 5.15. The highest BCUT2D eigenvalue weighted by molar-refractivity contribution is 5.47. The molecule has 1 unspecified atom stereocenters. The molecule has 1 aliphatic rings. The first-order valence-electron chi connectivity index (χ1n) is 6.49. The van der Waals surface area contributed by atoms with E-state index in [0.717, 1.165) is 12.8 Å². The van der Waals surface area contributed by atoms with Gasteiger partial charge in [0.25, 0.3) is 5.69 Å². The zero-order valence-corrected chi connectivity index (χ0v) is 11.2. The van der Waals surface area contributed by atoms with Gasteiger partial charge in [0.1, 0.15) is 0 Å². The van der Waals surface area contributed by atoms with Crippen LogP contribution in [0.15, 0.2) is 6.20 Å². The summed E-state index contributed by atoms with van der Waals surface area (Å²) in [6.07, 6.45) is 3.40. The van der Waals surface area contributed by atoms with Gasteiger partial charge in [-0.15, -0.1) is 0 Å². The third-order valence-corrected chi connectivity index (χ3v) is 3.57. The highest BCUT2D eigenvalue weighted by Gasteiger charge is 2.29. The van der Waals surface area contributed by atoms with Crippen molar-refractivity contribution in [3.05, 3.63) is 33.1 Å². The van der Waals surface area contributed by atoms with Crippen molar-refractivity contribution in [2.75, 3.05) is 6.54 Å². The number of aryl methyl sites for hydroxylation is 1. The molecule has 1 aliphatic carbocycles. The SMILES string of the molecule is Cc1cnc(CNCC(O)C2CC2)c(C)c1[N+](=O)[O-]. The lowest BCUT2D eigenvalue weighted by atomic mass is 10.1. The number of nitrogens with one attached hydrogen (secondary N) is 1. The van der Waals surface area contributed by atoms with E-state index in [-0.39, 0.29) is 16.7 Å². The quantitative estimate of drug-likeness (QED) is 0.600. The van der Waals surface area contributed by atoms with Crippen LogP contribution in [0.4, 0.5) is 5.69 Å². The molecule has 0 spiro atoms. The molecule has 1 saturated carbocycles. The Morgan fingerprint density at radius 2 is 2.26 bits per heavy atom. The van der Waals surface area contributed by atoms with Crippen LogP contribution in [0.25, 0.3) is 0 Å². The fraction of sp³-hybridized carbons (Fsp3) is 0.615. The molecule has 1 aromatic heterocycles. The Labute approximate surface area is 112 Å². The van der Waals surface area contributed by atoms with Gasteiger partial charge in [-0.1, -0.05) is 0 Å². The predicted molar refractivity (Wildman–Crippen MR) is 70.8 cm³/mol. The lowest BCUT2D eigenvalue weighted by Gasteiger charge is -2.12. The summed E-state index contributed by atoms with van der Waals surface area (Å²) in [5, 5.41) is 23.8. The number of aromatic nitrogens is 1. The number of hydrogen-bond acceptors (Lipinski definition) is 5. The maximum atomic E-state index is 11.0. The molecule has 1 aromatic rings. The highest BCUT2D eigenvalue weighted by Crippen LogP contribution is 2.32. The van der Waals surface area contributed by atoms with Gasteiger partial charge in [0, 0.05) is 30.4 Å². The summed E-state index contributed by atoms with van der Waals surface area (Å²) in [6, 6.07) is 0. The van der Waals surface area contributed by atoms with Crippen molar-refractivity contribution in [2.45, 2.75) is 39.3 Å². The molecule has 19 heavy (non-hydrogen) atoms. The van der Waals surface area contributed by atoms with Crippen LogP contribution in [-0.2, 0) is 6.54 Å². The first kappa shape index (κ1) is 13.9. The number of hydrogen-bond donors (Lipinski definition) is 2. The smallest absolute Gasteiger partial charge is 0.278 e. The largest absolute Gasteiger partial charge is 0.392 e. The highest BCUT2D eigenvalue weighted by atomic mass is 16.6. The molecule has 2 rings (SSSR count). The minimum absolute atomic E-state index is 0.134. The van der Waals surface area contributed by atoms with Crippen LogP contribution in [-0.4, -0.2) is 27.7 Å². The Balaban J connectivity index is 1.99. The Bertz CT molecular complexity index is 486. The number of pyridine rings is 1. The molecular weight excluding hydrogens is 246 g/mol. The molecule has 0 amide bonds. The van der Waals surface area contributed by atoms with Crippen molar-refractivity contribution in [2.24, 2.45) is 5.92 Å². The molecule has 0 saturated heterocycles. The van der Waals surface area contributed by atoms with Crippen LogP contribution in [0.2, 0.25) is 0 Å². The second-order valence-electron chi connectivity index (χ2n) is 5.15. The topological polar surface area (TPSA) is 88.3 Å². The molecular formula is C13H19N3O3. The first-order valence-corrected chi connectivity index (χ1v) is 6.49. The predicted octanol–water partition coefficient (Wildman–Crippen LogP) is 1.47.